The summed E-state index contributed by atoms with van der Waals surface area (Å²) in [5.41, 5.74) is 7.52. The molecule has 0 aliphatic carbocycles. The van der Waals surface area contributed by atoms with Crippen LogP contribution in [0.2, 0.25) is 0 Å². The van der Waals surface area contributed by atoms with Gasteiger partial charge in [-0.2, -0.15) is 0 Å². The van der Waals surface area contributed by atoms with Crippen molar-refractivity contribution < 1.29 is 5.11 Å². The molecule has 3 heteroatoms. The molecule has 26 heavy (non-hydrogen) atoms. The molecule has 1 N–H and O–H groups in total. The van der Waals surface area contributed by atoms with Gasteiger partial charge in [-0.3, -0.25) is 9.98 Å². The summed E-state index contributed by atoms with van der Waals surface area (Å²) < 4.78 is 0. The number of hydrogen-bond donors (Lipinski definition) is 1. The maximum Gasteiger partial charge on any atom is 0.124 e. The van der Waals surface area contributed by atoms with Crippen molar-refractivity contribution >= 4 is 22.8 Å². The van der Waals surface area contributed by atoms with Gasteiger partial charge in [0.05, 0.1) is 22.8 Å². The van der Waals surface area contributed by atoms with Gasteiger partial charge >= 0.3 is 0 Å². The van der Waals surface area contributed by atoms with Gasteiger partial charge in [0.2, 0.25) is 0 Å². The van der Waals surface area contributed by atoms with Gasteiger partial charge in [-0.15, -0.1) is 0 Å². The van der Waals surface area contributed by atoms with E-state index in [2.05, 4.69) is 31.2 Å². The van der Waals surface area contributed by atoms with Gasteiger partial charge in [-0.25, -0.2) is 0 Å². The summed E-state index contributed by atoms with van der Waals surface area (Å²) >= 11 is 0. The third-order valence-corrected chi connectivity index (χ3v) is 4.58. The smallest absolute Gasteiger partial charge is 0.124 e. The molecule has 3 aromatic rings. The van der Waals surface area contributed by atoms with Gasteiger partial charge in [-0.1, -0.05) is 48.0 Å². The number of hydrogen-bond acceptors (Lipinski definition) is 3. The summed E-state index contributed by atoms with van der Waals surface area (Å²) in [7, 11) is 0. The fourth-order valence-corrected chi connectivity index (χ4v) is 3.14. The Kier molecular flexibility index (Phi) is 4.13. The first-order chi connectivity index (χ1) is 12.6. The molecule has 0 atom stereocenters. The molecule has 1 aliphatic heterocycles. The molecule has 1 heterocycles. The van der Waals surface area contributed by atoms with Gasteiger partial charge in [-0.05, 0) is 49.2 Å². The quantitative estimate of drug-likeness (QED) is 0.643. The first-order valence-corrected chi connectivity index (χ1v) is 8.71. The fraction of sp³-hybridized carbons (Fsp3) is 0.130. The molecule has 4 rings (SSSR count). The summed E-state index contributed by atoms with van der Waals surface area (Å²) in [6.07, 6.45) is 0.564. The lowest BCUT2D eigenvalue weighted by Gasteiger charge is -2.10. The standard InChI is InChI=1S/C23H20N2O/c1-15-7-10-17(11-8-15)21-14-22(18-12-9-16(2)13-23(18)26)25-20-6-4-3-5-19(20)24-21/h3-13,26H,14H2,1-2H3. The predicted molar refractivity (Wildman–Crippen MR) is 107 cm³/mol. The van der Waals surface area contributed by atoms with Crippen molar-refractivity contribution in [1.82, 2.24) is 0 Å². The van der Waals surface area contributed by atoms with Gasteiger partial charge in [0.15, 0.2) is 0 Å². The van der Waals surface area contributed by atoms with Gasteiger partial charge in [0, 0.05) is 12.0 Å². The van der Waals surface area contributed by atoms with Crippen molar-refractivity contribution in [1.29, 1.82) is 0 Å². The molecule has 0 bridgehead atoms. The Hall–Kier alpha value is -3.20. The summed E-state index contributed by atoms with van der Waals surface area (Å²) in [4.78, 5) is 9.72. The van der Waals surface area contributed by atoms with Crippen LogP contribution in [0, 0.1) is 13.8 Å². The maximum atomic E-state index is 10.5. The average Bonchev–Trinajstić information content (AvgIpc) is 2.82. The number of rotatable bonds is 2. The van der Waals surface area contributed by atoms with Crippen molar-refractivity contribution in [3.8, 4) is 5.75 Å². The lowest BCUT2D eigenvalue weighted by Crippen LogP contribution is -2.10. The average molecular weight is 340 g/mol. The first kappa shape index (κ1) is 16.3. The Morgan fingerprint density at radius 3 is 2.00 bits per heavy atom. The molecule has 3 aromatic carbocycles. The van der Waals surface area contributed by atoms with E-state index in [1.165, 1.54) is 5.56 Å². The van der Waals surface area contributed by atoms with E-state index < -0.39 is 0 Å². The zero-order chi connectivity index (χ0) is 18.1. The van der Waals surface area contributed by atoms with Crippen LogP contribution in [0.3, 0.4) is 0 Å². The van der Waals surface area contributed by atoms with E-state index in [-0.39, 0.29) is 5.75 Å². The van der Waals surface area contributed by atoms with Gasteiger partial charge in [0.1, 0.15) is 5.75 Å². The number of nitrogens with zero attached hydrogens (tertiary/aromatic N) is 2. The minimum atomic E-state index is 0.256. The van der Waals surface area contributed by atoms with E-state index in [1.54, 1.807) is 6.07 Å². The van der Waals surface area contributed by atoms with Crippen LogP contribution in [0.4, 0.5) is 11.4 Å². The Morgan fingerprint density at radius 2 is 1.35 bits per heavy atom. The molecule has 0 fully saturated rings. The number of aryl methyl sites for hydroxylation is 2. The first-order valence-electron chi connectivity index (χ1n) is 8.71. The molecule has 0 unspecified atom stereocenters. The van der Waals surface area contributed by atoms with Gasteiger partial charge < -0.3 is 5.11 Å². The molecule has 0 spiro atoms. The van der Waals surface area contributed by atoms with Crippen LogP contribution in [-0.2, 0) is 0 Å². The molecule has 0 radical (unpaired) electrons. The number of phenols is 1. The molecule has 3 nitrogen and oxygen atoms in total. The van der Waals surface area contributed by atoms with Crippen LogP contribution >= 0.6 is 0 Å². The normalized spacial score (nSPS) is 13.5. The number of aromatic hydroxyl groups is 1. The highest BCUT2D eigenvalue weighted by Crippen LogP contribution is 2.34. The predicted octanol–water partition coefficient (Wildman–Crippen LogP) is 5.65. The SMILES string of the molecule is Cc1ccc(C2=Nc3ccccc3N=C(c3ccc(C)cc3O)C2)cc1. The van der Waals surface area contributed by atoms with Crippen LogP contribution < -0.4 is 0 Å². The second-order valence-corrected chi connectivity index (χ2v) is 6.67. The molecule has 0 aromatic heterocycles. The van der Waals surface area contributed by atoms with Crippen LogP contribution in [0.15, 0.2) is 76.7 Å². The summed E-state index contributed by atoms with van der Waals surface area (Å²) in [5, 5.41) is 10.5. The Labute approximate surface area is 153 Å². The monoisotopic (exact) mass is 340 g/mol. The number of phenolic OH excluding ortho intramolecular Hbond substituents is 1. The van der Waals surface area contributed by atoms with Crippen molar-refractivity contribution in [2.24, 2.45) is 9.98 Å². The van der Waals surface area contributed by atoms with Crippen molar-refractivity contribution in [2.75, 3.05) is 0 Å². The molecular weight excluding hydrogens is 320 g/mol. The number of fused-ring (bicyclic) bond motifs is 1. The van der Waals surface area contributed by atoms with Gasteiger partial charge in [0.25, 0.3) is 0 Å². The third-order valence-electron chi connectivity index (χ3n) is 4.58. The third kappa shape index (κ3) is 3.16. The number of para-hydroxylation sites is 2. The van der Waals surface area contributed by atoms with Crippen LogP contribution in [0.5, 0.6) is 5.75 Å². The summed E-state index contributed by atoms with van der Waals surface area (Å²) in [6.45, 7) is 4.04. The van der Waals surface area contributed by atoms with E-state index >= 15 is 0 Å². The minimum Gasteiger partial charge on any atom is -0.507 e. The van der Waals surface area contributed by atoms with Crippen LogP contribution in [0.1, 0.15) is 28.7 Å². The second kappa shape index (κ2) is 6.60. The molecular formula is C23H20N2O. The second-order valence-electron chi connectivity index (χ2n) is 6.67. The van der Waals surface area contributed by atoms with Crippen molar-refractivity contribution in [2.45, 2.75) is 20.3 Å². The number of benzene rings is 3. The maximum absolute atomic E-state index is 10.5. The largest absolute Gasteiger partial charge is 0.507 e. The van der Waals surface area contributed by atoms with E-state index in [0.29, 0.717) is 6.42 Å². The van der Waals surface area contributed by atoms with Crippen molar-refractivity contribution in [3.63, 3.8) is 0 Å². The molecule has 0 saturated carbocycles. The minimum absolute atomic E-state index is 0.256. The van der Waals surface area contributed by atoms with E-state index in [0.717, 1.165) is 39.5 Å². The van der Waals surface area contributed by atoms with E-state index in [9.17, 15) is 5.11 Å². The highest BCUT2D eigenvalue weighted by atomic mass is 16.3. The topological polar surface area (TPSA) is 45.0 Å². The van der Waals surface area contributed by atoms with Crippen molar-refractivity contribution in [3.05, 3.63) is 89.0 Å². The zero-order valence-corrected chi connectivity index (χ0v) is 14.9. The highest BCUT2D eigenvalue weighted by molar-refractivity contribution is 6.21. The molecule has 128 valence electrons. The Bertz CT molecular complexity index is 1030. The highest BCUT2D eigenvalue weighted by Gasteiger charge is 2.18. The Morgan fingerprint density at radius 1 is 0.731 bits per heavy atom. The van der Waals surface area contributed by atoms with E-state index in [4.69, 9.17) is 9.98 Å². The molecule has 0 saturated heterocycles. The Balaban J connectivity index is 1.87. The summed E-state index contributed by atoms with van der Waals surface area (Å²) in [6, 6.07) is 21.9. The van der Waals surface area contributed by atoms with Crippen LogP contribution in [-0.4, -0.2) is 16.5 Å². The van der Waals surface area contributed by atoms with E-state index in [1.807, 2.05) is 43.3 Å². The molecule has 0 amide bonds. The fourth-order valence-electron chi connectivity index (χ4n) is 3.14. The summed E-state index contributed by atoms with van der Waals surface area (Å²) in [5.74, 6) is 0.256. The lowest BCUT2D eigenvalue weighted by atomic mass is 9.98. The molecule has 1 aliphatic rings. The lowest BCUT2D eigenvalue weighted by molar-refractivity contribution is 0.473. The van der Waals surface area contributed by atoms with Crippen LogP contribution in [0.25, 0.3) is 0 Å². The zero-order valence-electron chi connectivity index (χ0n) is 14.9. The number of aliphatic imine (C=N–C) groups is 2.